The van der Waals surface area contributed by atoms with Crippen LogP contribution in [0.2, 0.25) is 0 Å². The molecule has 0 aliphatic heterocycles. The SMILES string of the molecule is CC=CCCC1CCC(c2ccc(-c3ccc(C(F)(F)Oc4cc(F)c(OC=C(F)F)c(F)c4)c(F)c3)cc2)CC1. The summed E-state index contributed by atoms with van der Waals surface area (Å²) in [4.78, 5) is 0. The van der Waals surface area contributed by atoms with Crippen molar-refractivity contribution in [2.75, 3.05) is 0 Å². The number of rotatable bonds is 10. The molecule has 1 aliphatic carbocycles. The van der Waals surface area contributed by atoms with Gasteiger partial charge in [-0.1, -0.05) is 42.5 Å². The number of ether oxygens (including phenoxy) is 2. The lowest BCUT2D eigenvalue weighted by Crippen LogP contribution is -2.23. The van der Waals surface area contributed by atoms with Crippen LogP contribution in [0.1, 0.15) is 62.5 Å². The molecule has 0 radical (unpaired) electrons. The van der Waals surface area contributed by atoms with Crippen LogP contribution in [-0.4, -0.2) is 0 Å². The fourth-order valence-corrected chi connectivity index (χ4v) is 5.18. The topological polar surface area (TPSA) is 18.5 Å². The zero-order valence-electron chi connectivity index (χ0n) is 22.3. The maximum atomic E-state index is 14.8. The van der Waals surface area contributed by atoms with Gasteiger partial charge in [0.2, 0.25) is 0 Å². The highest BCUT2D eigenvalue weighted by Crippen LogP contribution is 2.39. The van der Waals surface area contributed by atoms with E-state index in [1.165, 1.54) is 30.9 Å². The molecule has 4 rings (SSSR count). The first-order chi connectivity index (χ1) is 19.6. The lowest BCUT2D eigenvalue weighted by molar-refractivity contribution is -0.187. The van der Waals surface area contributed by atoms with Gasteiger partial charge in [-0.25, -0.2) is 13.2 Å². The third-order valence-electron chi connectivity index (χ3n) is 7.31. The Bertz CT molecular complexity index is 1360. The molecule has 0 bridgehead atoms. The Morgan fingerprint density at radius 3 is 2.07 bits per heavy atom. The molecule has 0 amide bonds. The first-order valence-electron chi connectivity index (χ1n) is 13.3. The van der Waals surface area contributed by atoms with Gasteiger partial charge in [-0.15, -0.1) is 0 Å². The fraction of sp³-hybridized carbons (Fsp3) is 0.312. The van der Waals surface area contributed by atoms with Crippen LogP contribution in [0.3, 0.4) is 0 Å². The van der Waals surface area contributed by atoms with Crippen molar-refractivity contribution in [1.82, 2.24) is 0 Å². The molecule has 0 aromatic heterocycles. The van der Waals surface area contributed by atoms with Crippen molar-refractivity contribution in [1.29, 1.82) is 0 Å². The predicted molar refractivity (Wildman–Crippen MR) is 142 cm³/mol. The molecule has 0 saturated heterocycles. The molecule has 3 aromatic rings. The van der Waals surface area contributed by atoms with Crippen LogP contribution >= 0.6 is 0 Å². The summed E-state index contributed by atoms with van der Waals surface area (Å²) in [6, 6.07) is 11.3. The second-order valence-electron chi connectivity index (χ2n) is 10.0. The summed E-state index contributed by atoms with van der Waals surface area (Å²) in [5.74, 6) is -5.44. The van der Waals surface area contributed by atoms with Gasteiger partial charge >= 0.3 is 12.2 Å². The molecule has 218 valence electrons. The smallest absolute Gasteiger partial charge is 0.429 e. The highest BCUT2D eigenvalue weighted by molar-refractivity contribution is 5.64. The van der Waals surface area contributed by atoms with Gasteiger partial charge in [0.1, 0.15) is 11.6 Å². The Kier molecular flexibility index (Phi) is 9.78. The quantitative estimate of drug-likeness (QED) is 0.135. The van der Waals surface area contributed by atoms with E-state index in [9.17, 15) is 30.7 Å². The lowest BCUT2D eigenvalue weighted by Gasteiger charge is -2.28. The average Bonchev–Trinajstić information content (AvgIpc) is 2.92. The molecule has 0 unspecified atom stereocenters. The molecule has 3 aromatic carbocycles. The monoisotopic (exact) mass is 578 g/mol. The zero-order chi connectivity index (χ0) is 29.6. The second-order valence-corrected chi connectivity index (χ2v) is 10.0. The summed E-state index contributed by atoms with van der Waals surface area (Å²) in [7, 11) is 0. The van der Waals surface area contributed by atoms with Crippen molar-refractivity contribution >= 4 is 0 Å². The minimum atomic E-state index is -4.30. The summed E-state index contributed by atoms with van der Waals surface area (Å²) in [5, 5.41) is 0. The normalized spacial score (nSPS) is 17.5. The Balaban J connectivity index is 1.43. The van der Waals surface area contributed by atoms with Crippen molar-refractivity contribution in [3.8, 4) is 22.6 Å². The van der Waals surface area contributed by atoms with Gasteiger partial charge < -0.3 is 9.47 Å². The largest absolute Gasteiger partial charge is 0.453 e. The maximum absolute atomic E-state index is 14.8. The molecular weight excluding hydrogens is 549 g/mol. The Morgan fingerprint density at radius 2 is 1.49 bits per heavy atom. The van der Waals surface area contributed by atoms with Crippen LogP contribution in [0, 0.1) is 23.4 Å². The van der Waals surface area contributed by atoms with Gasteiger partial charge in [0.25, 0.3) is 0 Å². The van der Waals surface area contributed by atoms with Crippen LogP contribution < -0.4 is 9.47 Å². The zero-order valence-corrected chi connectivity index (χ0v) is 22.3. The van der Waals surface area contributed by atoms with Gasteiger partial charge in [0.15, 0.2) is 23.6 Å². The third kappa shape index (κ3) is 7.71. The molecule has 0 N–H and O–H groups in total. The van der Waals surface area contributed by atoms with E-state index < -0.39 is 46.7 Å². The van der Waals surface area contributed by atoms with Gasteiger partial charge in [0, 0.05) is 12.1 Å². The third-order valence-corrected chi connectivity index (χ3v) is 7.31. The number of alkyl halides is 2. The van der Waals surface area contributed by atoms with E-state index in [4.69, 9.17) is 0 Å². The van der Waals surface area contributed by atoms with E-state index >= 15 is 0 Å². The standard InChI is InChI=1S/C32H29F7O2/c1-2-3-4-5-20-6-8-21(9-7-20)22-10-12-23(13-11-22)24-14-15-26(27(33)16-24)32(38,39)41-25-17-28(34)31(29(35)18-25)40-19-30(36)37/h2-3,10-21H,4-9H2,1H3. The van der Waals surface area contributed by atoms with E-state index in [-0.39, 0.29) is 6.26 Å². The van der Waals surface area contributed by atoms with Gasteiger partial charge in [-0.05, 0) is 86.1 Å². The van der Waals surface area contributed by atoms with Gasteiger partial charge in [-0.3, -0.25) is 0 Å². The minimum Gasteiger partial charge on any atom is -0.453 e. The summed E-state index contributed by atoms with van der Waals surface area (Å²) < 4.78 is 105. The Morgan fingerprint density at radius 1 is 0.854 bits per heavy atom. The lowest BCUT2D eigenvalue weighted by atomic mass is 9.77. The average molecular weight is 579 g/mol. The van der Waals surface area contributed by atoms with Crippen molar-refractivity contribution in [2.24, 2.45) is 5.92 Å². The fourth-order valence-electron chi connectivity index (χ4n) is 5.18. The van der Waals surface area contributed by atoms with Crippen molar-refractivity contribution in [3.63, 3.8) is 0 Å². The summed E-state index contributed by atoms with van der Waals surface area (Å²) in [5.41, 5.74) is 1.06. The Labute approximate surface area is 234 Å². The van der Waals surface area contributed by atoms with E-state index in [1.807, 2.05) is 31.2 Å². The van der Waals surface area contributed by atoms with Gasteiger partial charge in [0.05, 0.1) is 5.56 Å². The molecule has 1 aliphatic rings. The highest BCUT2D eigenvalue weighted by Gasteiger charge is 2.38. The minimum absolute atomic E-state index is 0.209. The molecule has 1 saturated carbocycles. The second kappa shape index (κ2) is 13.3. The van der Waals surface area contributed by atoms with Crippen LogP contribution in [0.4, 0.5) is 30.7 Å². The van der Waals surface area contributed by atoms with Crippen molar-refractivity contribution in [2.45, 2.75) is 57.5 Å². The van der Waals surface area contributed by atoms with E-state index in [0.29, 0.717) is 29.2 Å². The van der Waals surface area contributed by atoms with Crippen LogP contribution in [0.25, 0.3) is 11.1 Å². The molecule has 0 atom stereocenters. The predicted octanol–water partition coefficient (Wildman–Crippen LogP) is 10.6. The van der Waals surface area contributed by atoms with E-state index in [1.54, 1.807) is 0 Å². The number of allylic oxidation sites excluding steroid dienone is 2. The summed E-state index contributed by atoms with van der Waals surface area (Å²) in [6.45, 7) is 2.03. The van der Waals surface area contributed by atoms with Crippen molar-refractivity contribution in [3.05, 3.63) is 108 Å². The Hall–Kier alpha value is -3.75. The van der Waals surface area contributed by atoms with Crippen LogP contribution in [-0.2, 0) is 6.11 Å². The van der Waals surface area contributed by atoms with Crippen molar-refractivity contribution < 1.29 is 40.2 Å². The molecule has 2 nitrogen and oxygen atoms in total. The molecular formula is C32H29F7O2. The van der Waals surface area contributed by atoms with E-state index in [2.05, 4.69) is 21.6 Å². The van der Waals surface area contributed by atoms with Gasteiger partial charge in [-0.2, -0.15) is 17.6 Å². The first kappa shape index (κ1) is 30.2. The molecule has 41 heavy (non-hydrogen) atoms. The van der Waals surface area contributed by atoms with E-state index in [0.717, 1.165) is 37.3 Å². The summed E-state index contributed by atoms with van der Waals surface area (Å²) in [6.07, 6.45) is 4.30. The maximum Gasteiger partial charge on any atom is 0.429 e. The number of hydrogen-bond acceptors (Lipinski definition) is 2. The van der Waals surface area contributed by atoms with Crippen LogP contribution in [0.15, 0.2) is 79.1 Å². The van der Waals surface area contributed by atoms with Crippen LogP contribution in [0.5, 0.6) is 11.5 Å². The highest BCUT2D eigenvalue weighted by atomic mass is 19.3. The molecule has 0 heterocycles. The first-order valence-corrected chi connectivity index (χ1v) is 13.3. The molecule has 9 heteroatoms. The number of hydrogen-bond donors (Lipinski definition) is 0. The molecule has 1 fully saturated rings. The number of benzene rings is 3. The number of halogens is 7. The summed E-state index contributed by atoms with van der Waals surface area (Å²) >= 11 is 0. The molecule has 0 spiro atoms.